The molecule has 0 atom stereocenters. The zero-order chi connectivity index (χ0) is 14.0. The van der Waals surface area contributed by atoms with Gasteiger partial charge < -0.3 is 15.4 Å². The number of nitrogens with one attached hydrogen (secondary N) is 2. The van der Waals surface area contributed by atoms with Crippen LogP contribution < -0.4 is 5.32 Å². The number of carbonyl (C=O) groups is 2. The zero-order valence-corrected chi connectivity index (χ0v) is 11.6. The number of halogens is 2. The standard InChI is InChI=1S/C12H14Cl2N2O3/c13-7-4-8(16-10(7)14)11(19)15-6-12(2-1-3-12)5-9(17)18/h4,16H,1-3,5-6H2,(H,15,19)(H,17,18). The van der Waals surface area contributed by atoms with Crippen LogP contribution in [0, 0.1) is 5.41 Å². The first-order valence-electron chi connectivity index (χ1n) is 5.96. The van der Waals surface area contributed by atoms with Gasteiger partial charge in [0.1, 0.15) is 10.8 Å². The minimum Gasteiger partial charge on any atom is -0.481 e. The van der Waals surface area contributed by atoms with Crippen LogP contribution >= 0.6 is 23.2 Å². The van der Waals surface area contributed by atoms with E-state index in [4.69, 9.17) is 28.3 Å². The molecule has 0 aliphatic heterocycles. The normalized spacial score (nSPS) is 16.7. The van der Waals surface area contributed by atoms with Gasteiger partial charge >= 0.3 is 5.97 Å². The number of hydrogen-bond acceptors (Lipinski definition) is 2. The first-order valence-corrected chi connectivity index (χ1v) is 6.71. The molecule has 1 amide bonds. The van der Waals surface area contributed by atoms with Crippen molar-refractivity contribution >= 4 is 35.1 Å². The van der Waals surface area contributed by atoms with Gasteiger partial charge in [-0.25, -0.2) is 0 Å². The Balaban J connectivity index is 1.94. The van der Waals surface area contributed by atoms with Crippen LogP contribution in [0.2, 0.25) is 10.2 Å². The summed E-state index contributed by atoms with van der Waals surface area (Å²) in [5.41, 5.74) is -0.0263. The molecule has 7 heteroatoms. The average molecular weight is 305 g/mol. The molecule has 0 aromatic carbocycles. The number of carboxylic acids is 1. The van der Waals surface area contributed by atoms with E-state index in [9.17, 15) is 9.59 Å². The summed E-state index contributed by atoms with van der Waals surface area (Å²) < 4.78 is 0. The van der Waals surface area contributed by atoms with Gasteiger partial charge in [-0.05, 0) is 24.3 Å². The fourth-order valence-electron chi connectivity index (χ4n) is 2.30. The Bertz CT molecular complexity index is 490. The van der Waals surface area contributed by atoms with E-state index in [2.05, 4.69) is 10.3 Å². The highest BCUT2D eigenvalue weighted by atomic mass is 35.5. The predicted molar refractivity (Wildman–Crippen MR) is 71.7 cm³/mol. The second-order valence-corrected chi connectivity index (χ2v) is 5.74. The number of aliphatic carboxylic acids is 1. The summed E-state index contributed by atoms with van der Waals surface area (Å²) in [5.74, 6) is -1.16. The first-order chi connectivity index (χ1) is 8.92. The van der Waals surface area contributed by atoms with E-state index in [1.807, 2.05) is 0 Å². The summed E-state index contributed by atoms with van der Waals surface area (Å²) in [6.45, 7) is 0.354. The molecule has 0 spiro atoms. The van der Waals surface area contributed by atoms with Crippen molar-refractivity contribution in [3.63, 3.8) is 0 Å². The maximum atomic E-state index is 11.9. The van der Waals surface area contributed by atoms with Gasteiger partial charge in [0.2, 0.25) is 0 Å². The first kappa shape index (κ1) is 14.2. The van der Waals surface area contributed by atoms with E-state index in [0.717, 1.165) is 19.3 Å². The van der Waals surface area contributed by atoms with Crippen molar-refractivity contribution in [1.29, 1.82) is 0 Å². The molecular weight excluding hydrogens is 291 g/mol. The van der Waals surface area contributed by atoms with Crippen LogP contribution in [0.5, 0.6) is 0 Å². The van der Waals surface area contributed by atoms with Crippen LogP contribution in [-0.4, -0.2) is 28.5 Å². The van der Waals surface area contributed by atoms with Gasteiger partial charge in [-0.2, -0.15) is 0 Å². The maximum absolute atomic E-state index is 11.9. The summed E-state index contributed by atoms with van der Waals surface area (Å²) in [6.07, 6.45) is 2.74. The Morgan fingerprint density at radius 1 is 1.42 bits per heavy atom. The highest BCUT2D eigenvalue weighted by Gasteiger charge is 2.39. The SMILES string of the molecule is O=C(O)CC1(CNC(=O)c2cc(Cl)c(Cl)[nH]2)CCC1. The van der Waals surface area contributed by atoms with Crippen molar-refractivity contribution in [1.82, 2.24) is 10.3 Å². The number of carboxylic acid groups (broad SMARTS) is 1. The second kappa shape index (κ2) is 5.43. The molecule has 1 saturated carbocycles. The van der Waals surface area contributed by atoms with Crippen molar-refractivity contribution in [3.8, 4) is 0 Å². The zero-order valence-electron chi connectivity index (χ0n) is 10.1. The van der Waals surface area contributed by atoms with Crippen LogP contribution in [0.1, 0.15) is 36.2 Å². The predicted octanol–water partition coefficient (Wildman–Crippen LogP) is 2.70. The van der Waals surface area contributed by atoms with Crippen molar-refractivity contribution < 1.29 is 14.7 Å². The molecule has 0 radical (unpaired) electrons. The van der Waals surface area contributed by atoms with Crippen molar-refractivity contribution in [2.24, 2.45) is 5.41 Å². The smallest absolute Gasteiger partial charge is 0.303 e. The Morgan fingerprint density at radius 3 is 2.53 bits per heavy atom. The summed E-state index contributed by atoms with van der Waals surface area (Å²) >= 11 is 11.5. The summed E-state index contributed by atoms with van der Waals surface area (Å²) in [6, 6.07) is 1.45. The quantitative estimate of drug-likeness (QED) is 0.782. The van der Waals surface area contributed by atoms with Crippen LogP contribution in [-0.2, 0) is 4.79 Å². The van der Waals surface area contributed by atoms with Gasteiger partial charge in [-0.3, -0.25) is 9.59 Å². The molecule has 19 heavy (non-hydrogen) atoms. The molecule has 2 rings (SSSR count). The lowest BCUT2D eigenvalue weighted by atomic mass is 9.66. The topological polar surface area (TPSA) is 82.2 Å². The molecule has 1 fully saturated rings. The highest BCUT2D eigenvalue weighted by molar-refractivity contribution is 6.41. The number of carbonyl (C=O) groups excluding carboxylic acids is 1. The molecule has 1 aliphatic carbocycles. The van der Waals surface area contributed by atoms with E-state index >= 15 is 0 Å². The monoisotopic (exact) mass is 304 g/mol. The van der Waals surface area contributed by atoms with Gasteiger partial charge in [0, 0.05) is 6.54 Å². The lowest BCUT2D eigenvalue weighted by Gasteiger charge is -2.40. The molecule has 5 nitrogen and oxygen atoms in total. The molecule has 1 aliphatic rings. The molecule has 0 saturated heterocycles. The van der Waals surface area contributed by atoms with E-state index < -0.39 is 5.97 Å². The number of aromatic nitrogens is 1. The van der Waals surface area contributed by atoms with Gasteiger partial charge in [0.15, 0.2) is 0 Å². The average Bonchev–Trinajstić information content (AvgIpc) is 2.62. The van der Waals surface area contributed by atoms with Gasteiger partial charge in [0.05, 0.1) is 11.4 Å². The van der Waals surface area contributed by atoms with Crippen LogP contribution in [0.25, 0.3) is 0 Å². The highest BCUT2D eigenvalue weighted by Crippen LogP contribution is 2.43. The molecule has 3 N–H and O–H groups in total. The minimum atomic E-state index is -0.833. The van der Waals surface area contributed by atoms with Crippen molar-refractivity contribution in [3.05, 3.63) is 21.9 Å². The second-order valence-electron chi connectivity index (χ2n) is 4.95. The lowest BCUT2D eigenvalue weighted by molar-refractivity contribution is -0.141. The maximum Gasteiger partial charge on any atom is 0.303 e. The van der Waals surface area contributed by atoms with Gasteiger partial charge in [-0.15, -0.1) is 0 Å². The molecule has 104 valence electrons. The number of hydrogen-bond donors (Lipinski definition) is 3. The van der Waals surface area contributed by atoms with E-state index in [-0.39, 0.29) is 33.6 Å². The van der Waals surface area contributed by atoms with Gasteiger partial charge in [0.25, 0.3) is 5.91 Å². The Morgan fingerprint density at radius 2 is 2.11 bits per heavy atom. The van der Waals surface area contributed by atoms with E-state index in [1.54, 1.807) is 0 Å². The summed E-state index contributed by atoms with van der Waals surface area (Å²) in [7, 11) is 0. The van der Waals surface area contributed by atoms with Crippen LogP contribution in [0.15, 0.2) is 6.07 Å². The third kappa shape index (κ3) is 3.22. The number of amides is 1. The molecule has 1 aromatic rings. The Hall–Kier alpha value is -1.20. The molecule has 1 heterocycles. The largest absolute Gasteiger partial charge is 0.481 e. The number of H-pyrrole nitrogens is 1. The molecule has 1 aromatic heterocycles. The fourth-order valence-corrected chi connectivity index (χ4v) is 2.62. The molecule has 0 bridgehead atoms. The lowest BCUT2D eigenvalue weighted by Crippen LogP contribution is -2.43. The van der Waals surface area contributed by atoms with E-state index in [0.29, 0.717) is 6.54 Å². The number of rotatable bonds is 5. The van der Waals surface area contributed by atoms with Gasteiger partial charge in [-0.1, -0.05) is 29.6 Å². The third-order valence-electron chi connectivity index (χ3n) is 3.53. The van der Waals surface area contributed by atoms with Crippen molar-refractivity contribution in [2.45, 2.75) is 25.7 Å². The van der Waals surface area contributed by atoms with E-state index in [1.165, 1.54) is 6.07 Å². The van der Waals surface area contributed by atoms with Crippen LogP contribution in [0.4, 0.5) is 0 Å². The van der Waals surface area contributed by atoms with Crippen LogP contribution in [0.3, 0.4) is 0 Å². The Labute approximate surface area is 120 Å². The Kier molecular flexibility index (Phi) is 4.06. The third-order valence-corrected chi connectivity index (χ3v) is 4.23. The molecule has 0 unspecified atom stereocenters. The number of aromatic amines is 1. The summed E-state index contributed by atoms with van der Waals surface area (Å²) in [4.78, 5) is 25.4. The minimum absolute atomic E-state index is 0.0829. The summed E-state index contributed by atoms with van der Waals surface area (Å²) in [5, 5.41) is 12.1. The molecular formula is C12H14Cl2N2O3. The fraction of sp³-hybridized carbons (Fsp3) is 0.500. The van der Waals surface area contributed by atoms with Crippen molar-refractivity contribution in [2.75, 3.05) is 6.54 Å².